The molecule has 0 aliphatic rings. The molecule has 1 rings (SSSR count). The maximum atomic E-state index is 12.3. The number of carbonyl (C=O) groups is 2. The largest absolute Gasteiger partial charge is 0.469 e. The lowest BCUT2D eigenvalue weighted by Crippen LogP contribution is -2.26. The average molecular weight is 319 g/mol. The first-order valence-electron chi connectivity index (χ1n) is 8.24. The van der Waals surface area contributed by atoms with E-state index in [2.05, 4.69) is 30.8 Å². The fourth-order valence-corrected chi connectivity index (χ4v) is 2.56. The summed E-state index contributed by atoms with van der Waals surface area (Å²) in [6.45, 7) is 6.48. The van der Waals surface area contributed by atoms with Crippen LogP contribution >= 0.6 is 0 Å². The number of nitrogens with one attached hydrogen (secondary N) is 1. The second-order valence-corrected chi connectivity index (χ2v) is 7.00. The number of rotatable bonds is 8. The smallest absolute Gasteiger partial charge is 0.305 e. The van der Waals surface area contributed by atoms with Crippen molar-refractivity contribution in [3.8, 4) is 0 Å². The highest BCUT2D eigenvalue weighted by Crippen LogP contribution is 2.33. The van der Waals surface area contributed by atoms with E-state index in [1.54, 1.807) is 0 Å². The fourth-order valence-electron chi connectivity index (χ4n) is 2.56. The second kappa shape index (κ2) is 9.33. The van der Waals surface area contributed by atoms with Crippen LogP contribution in [0.2, 0.25) is 0 Å². The van der Waals surface area contributed by atoms with Crippen molar-refractivity contribution in [1.29, 1.82) is 0 Å². The van der Waals surface area contributed by atoms with E-state index in [4.69, 9.17) is 0 Å². The Morgan fingerprint density at radius 2 is 1.78 bits per heavy atom. The molecule has 1 amide bonds. The molecule has 0 aliphatic heterocycles. The number of hydrogen-bond acceptors (Lipinski definition) is 3. The predicted octanol–water partition coefficient (Wildman–Crippen LogP) is 4.41. The van der Waals surface area contributed by atoms with Crippen molar-refractivity contribution in [3.05, 3.63) is 30.3 Å². The van der Waals surface area contributed by atoms with Gasteiger partial charge in [0.2, 0.25) is 5.91 Å². The van der Waals surface area contributed by atoms with Gasteiger partial charge in [-0.1, -0.05) is 45.4 Å². The Balaban J connectivity index is 2.48. The van der Waals surface area contributed by atoms with Gasteiger partial charge in [-0.05, 0) is 36.3 Å². The molecule has 4 heteroatoms. The first kappa shape index (κ1) is 19.2. The number of hydrogen-bond donors (Lipinski definition) is 1. The Kier molecular flexibility index (Phi) is 7.79. The summed E-state index contributed by atoms with van der Waals surface area (Å²) in [4.78, 5) is 23.4. The van der Waals surface area contributed by atoms with E-state index < -0.39 is 0 Å². The maximum absolute atomic E-state index is 12.3. The van der Waals surface area contributed by atoms with E-state index in [9.17, 15) is 9.59 Å². The lowest BCUT2D eigenvalue weighted by Gasteiger charge is -2.30. The maximum Gasteiger partial charge on any atom is 0.305 e. The second-order valence-electron chi connectivity index (χ2n) is 7.00. The van der Waals surface area contributed by atoms with E-state index in [1.807, 2.05) is 30.3 Å². The molecule has 0 fully saturated rings. The zero-order valence-electron chi connectivity index (χ0n) is 14.7. The summed E-state index contributed by atoms with van der Waals surface area (Å²) >= 11 is 0. The van der Waals surface area contributed by atoms with Gasteiger partial charge >= 0.3 is 5.97 Å². The summed E-state index contributed by atoms with van der Waals surface area (Å²) in [5.41, 5.74) is 0.884. The van der Waals surface area contributed by atoms with Gasteiger partial charge in [0, 0.05) is 18.5 Å². The van der Waals surface area contributed by atoms with Crippen molar-refractivity contribution in [2.75, 3.05) is 12.4 Å². The van der Waals surface area contributed by atoms with Gasteiger partial charge in [-0.15, -0.1) is 0 Å². The number of para-hydroxylation sites is 1. The minimum absolute atomic E-state index is 0.0455. The zero-order valence-corrected chi connectivity index (χ0v) is 14.7. The van der Waals surface area contributed by atoms with Gasteiger partial charge in [-0.2, -0.15) is 0 Å². The van der Waals surface area contributed by atoms with Crippen LogP contribution in [0.15, 0.2) is 30.3 Å². The topological polar surface area (TPSA) is 55.4 Å². The molecule has 1 atom stereocenters. The number of esters is 1. The number of methoxy groups -OCH3 is 1. The fraction of sp³-hybridized carbons (Fsp3) is 0.579. The van der Waals surface area contributed by atoms with Gasteiger partial charge in [0.15, 0.2) is 0 Å². The molecule has 0 radical (unpaired) electrons. The van der Waals surface area contributed by atoms with Crippen LogP contribution < -0.4 is 5.32 Å². The number of carbonyl (C=O) groups excluding carboxylic acids is 2. The summed E-state index contributed by atoms with van der Waals surface area (Å²) in [5.74, 6) is 0.159. The minimum Gasteiger partial charge on any atom is -0.469 e. The molecule has 23 heavy (non-hydrogen) atoms. The number of unbranched alkanes of at least 4 members (excludes halogenated alkanes) is 1. The summed E-state index contributed by atoms with van der Waals surface area (Å²) in [7, 11) is 1.41. The van der Waals surface area contributed by atoms with E-state index in [1.165, 1.54) is 7.11 Å². The van der Waals surface area contributed by atoms with Crippen LogP contribution in [-0.4, -0.2) is 19.0 Å². The standard InChI is InChI=1S/C19H29NO3/c1-19(2,3)15(10-8-9-13-18(22)23-4)14-17(21)20-16-11-6-5-7-12-16/h5-7,11-12,15H,8-10,13-14H2,1-4H3,(H,20,21). The molecular formula is C19H29NO3. The SMILES string of the molecule is COC(=O)CCCCC(CC(=O)Nc1ccccc1)C(C)(C)C. The molecule has 0 heterocycles. The third-order valence-corrected chi connectivity index (χ3v) is 4.13. The van der Waals surface area contributed by atoms with Crippen LogP contribution in [0.4, 0.5) is 5.69 Å². The van der Waals surface area contributed by atoms with Gasteiger partial charge in [0.25, 0.3) is 0 Å². The number of ether oxygens (including phenoxy) is 1. The molecule has 1 aromatic carbocycles. The van der Waals surface area contributed by atoms with Crippen LogP contribution in [-0.2, 0) is 14.3 Å². The lowest BCUT2D eigenvalue weighted by molar-refractivity contribution is -0.140. The molecular weight excluding hydrogens is 290 g/mol. The Morgan fingerprint density at radius 3 is 2.35 bits per heavy atom. The van der Waals surface area contributed by atoms with Gasteiger partial charge in [-0.3, -0.25) is 9.59 Å². The molecule has 128 valence electrons. The molecule has 0 saturated carbocycles. The van der Waals surface area contributed by atoms with E-state index in [0.29, 0.717) is 12.8 Å². The van der Waals surface area contributed by atoms with Crippen molar-refractivity contribution in [2.24, 2.45) is 11.3 Å². The highest BCUT2D eigenvalue weighted by molar-refractivity contribution is 5.90. The Bertz CT molecular complexity index is 491. The molecule has 1 aromatic rings. The first-order chi connectivity index (χ1) is 10.8. The molecule has 0 aliphatic carbocycles. The highest BCUT2D eigenvalue weighted by Gasteiger charge is 2.26. The van der Waals surface area contributed by atoms with Crippen LogP contribution in [0, 0.1) is 11.3 Å². The molecule has 0 bridgehead atoms. The summed E-state index contributed by atoms with van der Waals surface area (Å²) in [6.07, 6.45) is 3.61. The summed E-state index contributed by atoms with van der Waals surface area (Å²) in [6, 6.07) is 9.52. The predicted molar refractivity (Wildman–Crippen MR) is 93.1 cm³/mol. The Morgan fingerprint density at radius 1 is 1.13 bits per heavy atom. The first-order valence-corrected chi connectivity index (χ1v) is 8.24. The van der Waals surface area contributed by atoms with Crippen LogP contribution in [0.5, 0.6) is 0 Å². The van der Waals surface area contributed by atoms with Crippen molar-refractivity contribution in [2.45, 2.75) is 52.9 Å². The van der Waals surface area contributed by atoms with Gasteiger partial charge in [0.05, 0.1) is 7.11 Å². The van der Waals surface area contributed by atoms with Crippen LogP contribution in [0.1, 0.15) is 52.9 Å². The van der Waals surface area contributed by atoms with E-state index >= 15 is 0 Å². The molecule has 0 aromatic heterocycles. The van der Waals surface area contributed by atoms with Crippen LogP contribution in [0.25, 0.3) is 0 Å². The van der Waals surface area contributed by atoms with Crippen LogP contribution in [0.3, 0.4) is 0 Å². The number of amides is 1. The molecule has 0 saturated heterocycles. The number of benzene rings is 1. The normalized spacial score (nSPS) is 12.5. The molecule has 1 N–H and O–H groups in total. The highest BCUT2D eigenvalue weighted by atomic mass is 16.5. The monoisotopic (exact) mass is 319 g/mol. The minimum atomic E-state index is -0.167. The van der Waals surface area contributed by atoms with E-state index in [0.717, 1.165) is 24.9 Å². The van der Waals surface area contributed by atoms with Crippen molar-refractivity contribution < 1.29 is 14.3 Å². The van der Waals surface area contributed by atoms with Gasteiger partial charge < -0.3 is 10.1 Å². The van der Waals surface area contributed by atoms with Crippen molar-refractivity contribution in [1.82, 2.24) is 0 Å². The van der Waals surface area contributed by atoms with Crippen molar-refractivity contribution in [3.63, 3.8) is 0 Å². The third kappa shape index (κ3) is 7.82. The quantitative estimate of drug-likeness (QED) is 0.570. The van der Waals surface area contributed by atoms with E-state index in [-0.39, 0.29) is 23.2 Å². The van der Waals surface area contributed by atoms with Gasteiger partial charge in [-0.25, -0.2) is 0 Å². The Hall–Kier alpha value is -1.84. The molecule has 1 unspecified atom stereocenters. The summed E-state index contributed by atoms with van der Waals surface area (Å²) in [5, 5.41) is 2.95. The zero-order chi connectivity index (χ0) is 17.3. The summed E-state index contributed by atoms with van der Waals surface area (Å²) < 4.78 is 4.65. The Labute approximate surface area is 139 Å². The molecule has 0 spiro atoms. The van der Waals surface area contributed by atoms with Crippen molar-refractivity contribution >= 4 is 17.6 Å². The van der Waals surface area contributed by atoms with Gasteiger partial charge in [0.1, 0.15) is 0 Å². The number of anilines is 1. The average Bonchev–Trinajstić information content (AvgIpc) is 2.49. The third-order valence-electron chi connectivity index (χ3n) is 4.13. The lowest BCUT2D eigenvalue weighted by atomic mass is 9.75. The molecule has 4 nitrogen and oxygen atoms in total.